The minimum Gasteiger partial charge on any atom is -0.748 e. The molecular formula is C22H34NNaO6S. The molecule has 170 valence electrons. The fourth-order valence-electron chi connectivity index (χ4n) is 2.99. The normalized spacial score (nSPS) is 10.9. The van der Waals surface area contributed by atoms with Crippen molar-refractivity contribution in [2.75, 3.05) is 6.54 Å². The van der Waals surface area contributed by atoms with Crippen molar-refractivity contribution in [3.05, 3.63) is 29.8 Å². The number of hydrogen-bond donors (Lipinski definition) is 1. The molecule has 1 amide bonds. The summed E-state index contributed by atoms with van der Waals surface area (Å²) < 4.78 is 37.3. The van der Waals surface area contributed by atoms with Gasteiger partial charge in [0.2, 0.25) is 5.91 Å². The van der Waals surface area contributed by atoms with Crippen LogP contribution in [0.4, 0.5) is 0 Å². The fraction of sp³-hybridized carbons (Fsp3) is 0.636. The van der Waals surface area contributed by atoms with E-state index in [-0.39, 0.29) is 47.9 Å². The molecule has 0 aliphatic heterocycles. The molecule has 0 radical (unpaired) electrons. The maximum Gasteiger partial charge on any atom is 1.00 e. The van der Waals surface area contributed by atoms with Crippen molar-refractivity contribution in [2.45, 2.75) is 83.3 Å². The van der Waals surface area contributed by atoms with Crippen molar-refractivity contribution in [3.8, 4) is 5.75 Å². The molecule has 0 saturated heterocycles. The predicted molar refractivity (Wildman–Crippen MR) is 115 cm³/mol. The molecule has 1 rings (SSSR count). The van der Waals surface area contributed by atoms with E-state index in [1.807, 2.05) is 0 Å². The molecular weight excluding hydrogens is 429 g/mol. The van der Waals surface area contributed by atoms with E-state index in [2.05, 4.69) is 12.2 Å². The number of unbranched alkanes of at least 4 members (excludes halogenated alkanes) is 7. The van der Waals surface area contributed by atoms with Crippen LogP contribution in [0.2, 0.25) is 0 Å². The average Bonchev–Trinajstić information content (AvgIpc) is 2.67. The third kappa shape index (κ3) is 17.3. The predicted octanol–water partition coefficient (Wildman–Crippen LogP) is 1.07. The Labute approximate surface area is 208 Å². The number of carbonyl (C=O) groups excluding carboxylic acids is 2. The van der Waals surface area contributed by atoms with Gasteiger partial charge < -0.3 is 14.6 Å². The van der Waals surface area contributed by atoms with E-state index in [9.17, 15) is 22.6 Å². The van der Waals surface area contributed by atoms with Gasteiger partial charge in [-0.3, -0.25) is 9.59 Å². The minimum absolute atomic E-state index is 0. The van der Waals surface area contributed by atoms with Gasteiger partial charge in [-0.05, 0) is 37.0 Å². The maximum absolute atomic E-state index is 11.8. The first-order valence-electron chi connectivity index (χ1n) is 10.8. The van der Waals surface area contributed by atoms with Gasteiger partial charge >= 0.3 is 35.5 Å². The molecule has 7 nitrogen and oxygen atoms in total. The third-order valence-corrected chi connectivity index (χ3v) is 5.32. The summed E-state index contributed by atoms with van der Waals surface area (Å²) in [6, 6.07) is 5.84. The van der Waals surface area contributed by atoms with Gasteiger partial charge in [-0.25, -0.2) is 8.42 Å². The van der Waals surface area contributed by atoms with E-state index in [0.29, 0.717) is 30.7 Å². The van der Waals surface area contributed by atoms with Crippen LogP contribution < -0.4 is 39.6 Å². The molecule has 0 saturated carbocycles. The Hall–Kier alpha value is -0.930. The summed E-state index contributed by atoms with van der Waals surface area (Å²) in [5, 5.41) is 2.91. The third-order valence-electron chi connectivity index (χ3n) is 4.64. The number of ether oxygens (including phenoxy) is 1. The van der Waals surface area contributed by atoms with Gasteiger partial charge in [0.1, 0.15) is 5.75 Å². The Balaban J connectivity index is 0.00000900. The Morgan fingerprint density at radius 2 is 1.48 bits per heavy atom. The first kappa shape index (κ1) is 30.1. The van der Waals surface area contributed by atoms with Crippen LogP contribution in [0.1, 0.15) is 83.1 Å². The molecule has 1 N–H and O–H groups in total. The smallest absolute Gasteiger partial charge is 0.748 e. The molecule has 0 aliphatic carbocycles. The molecule has 1 aromatic carbocycles. The molecule has 0 unspecified atom stereocenters. The van der Waals surface area contributed by atoms with E-state index in [1.165, 1.54) is 49.9 Å². The van der Waals surface area contributed by atoms with E-state index >= 15 is 0 Å². The first-order valence-corrected chi connectivity index (χ1v) is 12.4. The Bertz CT molecular complexity index is 737. The molecule has 9 heteroatoms. The minimum atomic E-state index is -4.33. The summed E-state index contributed by atoms with van der Waals surface area (Å²) in [5.41, 5.74) is 0.350. The number of amides is 1. The Kier molecular flexibility index (Phi) is 17.1. The van der Waals surface area contributed by atoms with Crippen LogP contribution in [-0.2, 0) is 25.5 Å². The zero-order valence-corrected chi connectivity index (χ0v) is 21.7. The van der Waals surface area contributed by atoms with Crippen LogP contribution in [-0.4, -0.2) is 31.4 Å². The van der Waals surface area contributed by atoms with Crippen LogP contribution in [0.5, 0.6) is 5.75 Å². The summed E-state index contributed by atoms with van der Waals surface area (Å²) in [5.74, 6) is -0.546. The fourth-order valence-corrected chi connectivity index (χ4v) is 3.59. The second kappa shape index (κ2) is 17.6. The number of esters is 1. The molecule has 0 fully saturated rings. The molecule has 31 heavy (non-hydrogen) atoms. The van der Waals surface area contributed by atoms with Gasteiger partial charge in [-0.1, -0.05) is 57.6 Å². The largest absolute Gasteiger partial charge is 1.00 e. The molecule has 0 aromatic heterocycles. The van der Waals surface area contributed by atoms with Gasteiger partial charge in [0.05, 0.1) is 15.9 Å². The summed E-state index contributed by atoms with van der Waals surface area (Å²) in [4.78, 5) is 23.6. The van der Waals surface area contributed by atoms with E-state index in [4.69, 9.17) is 4.74 Å². The van der Waals surface area contributed by atoms with Crippen LogP contribution in [0.3, 0.4) is 0 Å². The van der Waals surface area contributed by atoms with Crippen molar-refractivity contribution >= 4 is 22.0 Å². The number of hydrogen-bond acceptors (Lipinski definition) is 6. The quantitative estimate of drug-likeness (QED) is 0.129. The molecule has 0 heterocycles. The average molecular weight is 464 g/mol. The number of nitrogens with one attached hydrogen (secondary N) is 1. The van der Waals surface area contributed by atoms with Crippen LogP contribution >= 0.6 is 0 Å². The monoisotopic (exact) mass is 463 g/mol. The number of rotatable bonds is 16. The zero-order valence-electron chi connectivity index (χ0n) is 18.9. The molecule has 0 aliphatic rings. The van der Waals surface area contributed by atoms with Crippen LogP contribution in [0.15, 0.2) is 24.3 Å². The molecule has 1 aromatic rings. The van der Waals surface area contributed by atoms with Gasteiger partial charge in [0, 0.05) is 19.4 Å². The summed E-state index contributed by atoms with van der Waals surface area (Å²) >= 11 is 0. The van der Waals surface area contributed by atoms with Gasteiger partial charge in [-0.15, -0.1) is 0 Å². The Morgan fingerprint density at radius 3 is 2.13 bits per heavy atom. The summed E-state index contributed by atoms with van der Waals surface area (Å²) in [6.07, 6.45) is 10.1. The number of benzene rings is 1. The molecule has 0 atom stereocenters. The van der Waals surface area contributed by atoms with Crippen molar-refractivity contribution < 1.29 is 56.9 Å². The number of carbonyl (C=O) groups is 2. The zero-order chi connectivity index (χ0) is 22.2. The molecule has 0 bridgehead atoms. The van der Waals surface area contributed by atoms with Gasteiger partial charge in [-0.2, -0.15) is 0 Å². The van der Waals surface area contributed by atoms with Crippen molar-refractivity contribution in [1.29, 1.82) is 0 Å². The SMILES string of the molecule is CCCCCCCCC(=O)NCCCCCC(=O)Oc1ccc(CS(=O)(=O)[O-])cc1.[Na+]. The van der Waals surface area contributed by atoms with Crippen molar-refractivity contribution in [2.24, 2.45) is 0 Å². The van der Waals surface area contributed by atoms with Crippen molar-refractivity contribution in [1.82, 2.24) is 5.32 Å². The standard InChI is InChI=1S/C22H35NO6S.Na/c1-2-3-4-5-6-8-11-21(24)23-17-10-7-9-12-22(25)29-20-15-13-19(14-16-20)18-30(26,27)28;/h13-16H,2-12,17-18H2,1H3,(H,23,24)(H,26,27,28);/q;+1/p-1. The van der Waals surface area contributed by atoms with E-state index in [0.717, 1.165) is 25.7 Å². The van der Waals surface area contributed by atoms with E-state index < -0.39 is 15.9 Å². The molecule has 0 spiro atoms. The van der Waals surface area contributed by atoms with Crippen LogP contribution in [0, 0.1) is 0 Å². The second-order valence-corrected chi connectivity index (χ2v) is 8.90. The second-order valence-electron chi connectivity index (χ2n) is 7.50. The first-order chi connectivity index (χ1) is 14.3. The van der Waals surface area contributed by atoms with Crippen molar-refractivity contribution in [3.63, 3.8) is 0 Å². The Morgan fingerprint density at radius 1 is 0.903 bits per heavy atom. The van der Waals surface area contributed by atoms with Gasteiger partial charge in [0.25, 0.3) is 0 Å². The van der Waals surface area contributed by atoms with Crippen LogP contribution in [0.25, 0.3) is 0 Å². The topological polar surface area (TPSA) is 113 Å². The van der Waals surface area contributed by atoms with E-state index in [1.54, 1.807) is 0 Å². The van der Waals surface area contributed by atoms with Gasteiger partial charge in [0.15, 0.2) is 0 Å². The maximum atomic E-state index is 11.8. The summed E-state index contributed by atoms with van der Waals surface area (Å²) in [7, 11) is -4.33. The summed E-state index contributed by atoms with van der Waals surface area (Å²) in [6.45, 7) is 2.80.